The SMILES string of the molecule is CCCNCC(O)CSc1nc2ccccc2[nH]1. The summed E-state index contributed by atoms with van der Waals surface area (Å²) in [5, 5.41) is 13.9. The number of fused-ring (bicyclic) bond motifs is 1. The Morgan fingerprint density at radius 3 is 3.06 bits per heavy atom. The predicted octanol–water partition coefficient (Wildman–Crippen LogP) is 2.02. The maximum Gasteiger partial charge on any atom is 0.166 e. The summed E-state index contributed by atoms with van der Waals surface area (Å²) in [6.45, 7) is 3.70. The van der Waals surface area contributed by atoms with E-state index >= 15 is 0 Å². The minimum absolute atomic E-state index is 0.338. The third-order valence-corrected chi connectivity index (χ3v) is 3.61. The number of hydrogen-bond acceptors (Lipinski definition) is 4. The first-order valence-electron chi connectivity index (χ1n) is 6.26. The summed E-state index contributed by atoms with van der Waals surface area (Å²) in [4.78, 5) is 7.70. The molecule has 0 aliphatic carbocycles. The van der Waals surface area contributed by atoms with Gasteiger partial charge in [-0.2, -0.15) is 0 Å². The van der Waals surface area contributed by atoms with Crippen molar-refractivity contribution in [1.82, 2.24) is 15.3 Å². The van der Waals surface area contributed by atoms with Gasteiger partial charge < -0.3 is 15.4 Å². The second kappa shape index (κ2) is 6.78. The molecule has 4 nitrogen and oxygen atoms in total. The van der Waals surface area contributed by atoms with Crippen LogP contribution >= 0.6 is 11.8 Å². The van der Waals surface area contributed by atoms with Gasteiger partial charge in [-0.25, -0.2) is 4.98 Å². The van der Waals surface area contributed by atoms with Gasteiger partial charge in [-0.05, 0) is 25.1 Å². The molecule has 0 saturated carbocycles. The molecule has 0 aliphatic rings. The van der Waals surface area contributed by atoms with Gasteiger partial charge in [0.05, 0.1) is 17.1 Å². The number of para-hydroxylation sites is 2. The van der Waals surface area contributed by atoms with Crippen molar-refractivity contribution in [2.24, 2.45) is 0 Å². The lowest BCUT2D eigenvalue weighted by Gasteiger charge is -2.09. The van der Waals surface area contributed by atoms with Gasteiger partial charge in [-0.3, -0.25) is 0 Å². The Labute approximate surface area is 111 Å². The lowest BCUT2D eigenvalue weighted by molar-refractivity contribution is 0.196. The molecule has 18 heavy (non-hydrogen) atoms. The highest BCUT2D eigenvalue weighted by molar-refractivity contribution is 7.99. The average Bonchev–Trinajstić information content (AvgIpc) is 2.79. The number of aliphatic hydroxyl groups excluding tert-OH is 1. The summed E-state index contributed by atoms with van der Waals surface area (Å²) in [6, 6.07) is 7.94. The molecule has 3 N–H and O–H groups in total. The molecule has 1 unspecified atom stereocenters. The molecule has 0 saturated heterocycles. The molecule has 1 atom stereocenters. The third kappa shape index (κ3) is 3.73. The van der Waals surface area contributed by atoms with E-state index in [1.807, 2.05) is 24.3 Å². The number of rotatable bonds is 7. The minimum Gasteiger partial charge on any atom is -0.391 e. The van der Waals surface area contributed by atoms with Crippen LogP contribution in [0.1, 0.15) is 13.3 Å². The molecule has 0 fully saturated rings. The maximum absolute atomic E-state index is 9.79. The Morgan fingerprint density at radius 1 is 1.44 bits per heavy atom. The number of aliphatic hydroxyl groups is 1. The van der Waals surface area contributed by atoms with Gasteiger partial charge in [0.1, 0.15) is 0 Å². The highest BCUT2D eigenvalue weighted by atomic mass is 32.2. The van der Waals surface area contributed by atoms with Crippen molar-refractivity contribution >= 4 is 22.8 Å². The zero-order valence-corrected chi connectivity index (χ0v) is 11.3. The number of nitrogens with one attached hydrogen (secondary N) is 2. The number of imidazole rings is 1. The minimum atomic E-state index is -0.338. The predicted molar refractivity (Wildman–Crippen MR) is 76.0 cm³/mol. The third-order valence-electron chi connectivity index (χ3n) is 2.59. The van der Waals surface area contributed by atoms with Gasteiger partial charge in [0.2, 0.25) is 0 Å². The molecular formula is C13H19N3OS. The van der Waals surface area contributed by atoms with Crippen LogP contribution in [-0.4, -0.2) is 40.0 Å². The number of aromatic nitrogens is 2. The Bertz CT molecular complexity index is 453. The summed E-state index contributed by atoms with van der Waals surface area (Å²) in [7, 11) is 0. The van der Waals surface area contributed by atoms with E-state index in [4.69, 9.17) is 0 Å². The van der Waals surface area contributed by atoms with Gasteiger partial charge in [0.15, 0.2) is 5.16 Å². The van der Waals surface area contributed by atoms with Crippen LogP contribution in [0.5, 0.6) is 0 Å². The molecule has 1 aromatic heterocycles. The van der Waals surface area contributed by atoms with Crippen LogP contribution in [0.4, 0.5) is 0 Å². The first kappa shape index (κ1) is 13.4. The van der Waals surface area contributed by atoms with Crippen molar-refractivity contribution in [2.45, 2.75) is 24.6 Å². The molecule has 0 bridgehead atoms. The molecular weight excluding hydrogens is 246 g/mol. The van der Waals surface area contributed by atoms with E-state index < -0.39 is 0 Å². The number of thioether (sulfide) groups is 1. The van der Waals surface area contributed by atoms with Crippen molar-refractivity contribution < 1.29 is 5.11 Å². The number of benzene rings is 1. The zero-order valence-electron chi connectivity index (χ0n) is 10.5. The molecule has 0 spiro atoms. The van der Waals surface area contributed by atoms with E-state index in [2.05, 4.69) is 22.2 Å². The van der Waals surface area contributed by atoms with Crippen molar-refractivity contribution in [1.29, 1.82) is 0 Å². The fourth-order valence-electron chi connectivity index (χ4n) is 1.68. The van der Waals surface area contributed by atoms with Gasteiger partial charge in [0, 0.05) is 12.3 Å². The molecule has 1 aromatic carbocycles. The lowest BCUT2D eigenvalue weighted by atomic mass is 10.3. The fourth-order valence-corrected chi connectivity index (χ4v) is 2.49. The standard InChI is InChI=1S/C13H19N3OS/c1-2-7-14-8-10(17)9-18-13-15-11-5-3-4-6-12(11)16-13/h3-6,10,14,17H,2,7-9H2,1H3,(H,15,16). The van der Waals surface area contributed by atoms with Crippen LogP contribution < -0.4 is 5.32 Å². The quantitative estimate of drug-likeness (QED) is 0.529. The number of hydrogen-bond donors (Lipinski definition) is 3. The van der Waals surface area contributed by atoms with Crippen LogP contribution in [0.25, 0.3) is 11.0 Å². The molecule has 98 valence electrons. The lowest BCUT2D eigenvalue weighted by Crippen LogP contribution is -2.28. The Hall–Kier alpha value is -1.04. The summed E-state index contributed by atoms with van der Waals surface area (Å²) in [5.41, 5.74) is 2.01. The molecule has 0 radical (unpaired) electrons. The monoisotopic (exact) mass is 265 g/mol. The van der Waals surface area contributed by atoms with E-state index in [9.17, 15) is 5.11 Å². The van der Waals surface area contributed by atoms with E-state index in [-0.39, 0.29) is 6.10 Å². The van der Waals surface area contributed by atoms with E-state index in [0.29, 0.717) is 12.3 Å². The second-order valence-electron chi connectivity index (χ2n) is 4.23. The normalized spacial score (nSPS) is 13.0. The fraction of sp³-hybridized carbons (Fsp3) is 0.462. The van der Waals surface area contributed by atoms with Crippen molar-refractivity contribution in [3.05, 3.63) is 24.3 Å². The van der Waals surface area contributed by atoms with Gasteiger partial charge in [0.25, 0.3) is 0 Å². The molecule has 2 rings (SSSR count). The Kier molecular flexibility index (Phi) is 5.04. The van der Waals surface area contributed by atoms with Gasteiger partial charge in [-0.15, -0.1) is 0 Å². The van der Waals surface area contributed by atoms with Crippen LogP contribution in [0.2, 0.25) is 0 Å². The summed E-state index contributed by atoms with van der Waals surface area (Å²) in [5.74, 6) is 0.649. The molecule has 0 amide bonds. The van der Waals surface area contributed by atoms with E-state index in [0.717, 1.165) is 29.2 Å². The molecule has 1 heterocycles. The van der Waals surface area contributed by atoms with Crippen LogP contribution in [0, 0.1) is 0 Å². The smallest absolute Gasteiger partial charge is 0.166 e. The van der Waals surface area contributed by atoms with Gasteiger partial charge in [-0.1, -0.05) is 30.8 Å². The molecule has 2 aromatic rings. The summed E-state index contributed by atoms with van der Waals surface area (Å²) < 4.78 is 0. The maximum atomic E-state index is 9.79. The summed E-state index contributed by atoms with van der Waals surface area (Å²) in [6.07, 6.45) is 0.749. The van der Waals surface area contributed by atoms with Crippen molar-refractivity contribution in [2.75, 3.05) is 18.8 Å². The highest BCUT2D eigenvalue weighted by Gasteiger charge is 2.07. The largest absolute Gasteiger partial charge is 0.391 e. The highest BCUT2D eigenvalue weighted by Crippen LogP contribution is 2.19. The van der Waals surface area contributed by atoms with E-state index in [1.54, 1.807) is 11.8 Å². The van der Waals surface area contributed by atoms with Crippen LogP contribution in [0.3, 0.4) is 0 Å². The average molecular weight is 265 g/mol. The summed E-state index contributed by atoms with van der Waals surface area (Å²) >= 11 is 1.56. The topological polar surface area (TPSA) is 60.9 Å². The number of H-pyrrole nitrogens is 1. The molecule has 0 aliphatic heterocycles. The first-order valence-corrected chi connectivity index (χ1v) is 7.24. The van der Waals surface area contributed by atoms with Crippen molar-refractivity contribution in [3.8, 4) is 0 Å². The van der Waals surface area contributed by atoms with Crippen LogP contribution in [-0.2, 0) is 0 Å². The Morgan fingerprint density at radius 2 is 2.28 bits per heavy atom. The van der Waals surface area contributed by atoms with Crippen LogP contribution in [0.15, 0.2) is 29.4 Å². The first-order chi connectivity index (χ1) is 8.79. The number of aromatic amines is 1. The van der Waals surface area contributed by atoms with Gasteiger partial charge >= 0.3 is 0 Å². The zero-order chi connectivity index (χ0) is 12.8. The van der Waals surface area contributed by atoms with Crippen molar-refractivity contribution in [3.63, 3.8) is 0 Å². The Balaban J connectivity index is 1.82. The molecule has 5 heteroatoms. The number of nitrogens with zero attached hydrogens (tertiary/aromatic N) is 1. The second-order valence-corrected chi connectivity index (χ2v) is 5.24. The van der Waals surface area contributed by atoms with E-state index in [1.165, 1.54) is 0 Å².